The second-order valence-electron chi connectivity index (χ2n) is 6.05. The van der Waals surface area contributed by atoms with Crippen molar-refractivity contribution >= 4 is 17.3 Å². The van der Waals surface area contributed by atoms with Crippen molar-refractivity contribution in [3.63, 3.8) is 0 Å². The molecular weight excluding hydrogens is 284 g/mol. The van der Waals surface area contributed by atoms with Gasteiger partial charge in [0.15, 0.2) is 0 Å². The maximum Gasteiger partial charge on any atom is 0.325 e. The number of carbonyl (C=O) groups is 1. The fourth-order valence-electron chi connectivity index (χ4n) is 3.79. The molecule has 1 N–H and O–H groups in total. The lowest BCUT2D eigenvalue weighted by atomic mass is 9.95. The first-order valence-electron chi connectivity index (χ1n) is 7.98. The smallest absolute Gasteiger partial charge is 0.325 e. The third-order valence-electron chi connectivity index (χ3n) is 4.94. The Morgan fingerprint density at radius 3 is 3.00 bits per heavy atom. The zero-order valence-corrected chi connectivity index (χ0v) is 13.4. The molecule has 0 amide bonds. The molecule has 1 fully saturated rings. The minimum absolute atomic E-state index is 0.413. The molecule has 0 aliphatic carbocycles. The Morgan fingerprint density at radius 1 is 1.38 bits per heavy atom. The van der Waals surface area contributed by atoms with Gasteiger partial charge in [-0.2, -0.15) is 0 Å². The number of aliphatic carboxylic acids is 1. The maximum atomic E-state index is 11.8. The zero-order valence-electron chi connectivity index (χ0n) is 12.6. The largest absolute Gasteiger partial charge is 0.480 e. The fourth-order valence-corrected chi connectivity index (χ4v) is 4.69. The molecule has 5 heteroatoms. The van der Waals surface area contributed by atoms with E-state index in [0.717, 1.165) is 51.0 Å². The van der Waals surface area contributed by atoms with Gasteiger partial charge >= 0.3 is 5.97 Å². The summed E-state index contributed by atoms with van der Waals surface area (Å²) < 4.78 is 0. The first-order chi connectivity index (χ1) is 10.2. The number of carboxylic acids is 1. The highest BCUT2D eigenvalue weighted by Gasteiger charge is 2.37. The maximum absolute atomic E-state index is 11.8. The number of nitrogens with zero attached hydrogens (tertiary/aromatic N) is 2. The predicted molar refractivity (Wildman–Crippen MR) is 84.9 cm³/mol. The van der Waals surface area contributed by atoms with E-state index in [4.69, 9.17) is 0 Å². The standard InChI is InChI=1S/C16H24N2O2S/c1-2-17-8-3-4-12(5-9-17)18-10-6-14-13(7-11-21-14)15(18)16(19)20/h7,11-12,15H,2-6,8-10H2,1H3,(H,19,20). The van der Waals surface area contributed by atoms with Gasteiger partial charge in [-0.25, -0.2) is 0 Å². The van der Waals surface area contributed by atoms with Crippen molar-refractivity contribution in [2.45, 2.75) is 44.7 Å². The molecule has 3 heterocycles. The van der Waals surface area contributed by atoms with Crippen LogP contribution in [0.15, 0.2) is 11.4 Å². The SMILES string of the molecule is CCN1CCCC(N2CCc3sccc3C2C(=O)O)CC1. The van der Waals surface area contributed by atoms with Crippen molar-refractivity contribution in [1.82, 2.24) is 9.80 Å². The Labute approximate surface area is 130 Å². The first-order valence-corrected chi connectivity index (χ1v) is 8.86. The van der Waals surface area contributed by atoms with Crippen molar-refractivity contribution in [2.75, 3.05) is 26.2 Å². The molecule has 116 valence electrons. The molecule has 2 aliphatic heterocycles. The average molecular weight is 308 g/mol. The van der Waals surface area contributed by atoms with Gasteiger partial charge in [0.1, 0.15) is 6.04 Å². The van der Waals surface area contributed by atoms with Gasteiger partial charge in [-0.3, -0.25) is 9.69 Å². The highest BCUT2D eigenvalue weighted by atomic mass is 32.1. The lowest BCUT2D eigenvalue weighted by Gasteiger charge is -2.39. The summed E-state index contributed by atoms with van der Waals surface area (Å²) in [7, 11) is 0. The molecule has 0 saturated carbocycles. The van der Waals surface area contributed by atoms with Gasteiger partial charge in [0, 0.05) is 17.5 Å². The van der Waals surface area contributed by atoms with E-state index in [-0.39, 0.29) is 0 Å². The topological polar surface area (TPSA) is 43.8 Å². The third-order valence-corrected chi connectivity index (χ3v) is 5.94. The van der Waals surface area contributed by atoms with E-state index in [1.807, 2.05) is 11.4 Å². The molecule has 21 heavy (non-hydrogen) atoms. The van der Waals surface area contributed by atoms with E-state index >= 15 is 0 Å². The zero-order chi connectivity index (χ0) is 14.8. The molecule has 2 unspecified atom stereocenters. The van der Waals surface area contributed by atoms with E-state index in [0.29, 0.717) is 6.04 Å². The number of thiophene rings is 1. The number of hydrogen-bond donors (Lipinski definition) is 1. The highest BCUT2D eigenvalue weighted by molar-refractivity contribution is 7.10. The molecule has 0 bridgehead atoms. The van der Waals surface area contributed by atoms with Crippen molar-refractivity contribution in [2.24, 2.45) is 0 Å². The minimum Gasteiger partial charge on any atom is -0.480 e. The molecule has 2 atom stereocenters. The third kappa shape index (κ3) is 3.00. The van der Waals surface area contributed by atoms with Crippen LogP contribution in [0.5, 0.6) is 0 Å². The first kappa shape index (κ1) is 15.0. The second-order valence-corrected chi connectivity index (χ2v) is 7.05. The average Bonchev–Trinajstić information content (AvgIpc) is 2.82. The summed E-state index contributed by atoms with van der Waals surface area (Å²) >= 11 is 1.71. The van der Waals surface area contributed by atoms with Crippen LogP contribution >= 0.6 is 11.3 Å². The van der Waals surface area contributed by atoms with Crippen LogP contribution in [-0.2, 0) is 11.2 Å². The van der Waals surface area contributed by atoms with Gasteiger partial charge < -0.3 is 10.0 Å². The number of likely N-dealkylation sites (tertiary alicyclic amines) is 1. The van der Waals surface area contributed by atoms with Crippen LogP contribution in [0.1, 0.15) is 42.7 Å². The van der Waals surface area contributed by atoms with Crippen LogP contribution in [0.2, 0.25) is 0 Å². The molecule has 1 saturated heterocycles. The van der Waals surface area contributed by atoms with E-state index in [1.165, 1.54) is 11.3 Å². The van der Waals surface area contributed by atoms with Crippen LogP contribution in [0, 0.1) is 0 Å². The highest BCUT2D eigenvalue weighted by Crippen LogP contribution is 2.36. The number of fused-ring (bicyclic) bond motifs is 1. The summed E-state index contributed by atoms with van der Waals surface area (Å²) in [6.45, 7) is 6.45. The molecule has 0 aromatic carbocycles. The van der Waals surface area contributed by atoms with Gasteiger partial charge in [-0.05, 0) is 62.3 Å². The predicted octanol–water partition coefficient (Wildman–Crippen LogP) is 2.61. The van der Waals surface area contributed by atoms with Crippen LogP contribution < -0.4 is 0 Å². The molecule has 0 spiro atoms. The Morgan fingerprint density at radius 2 is 2.24 bits per heavy atom. The van der Waals surface area contributed by atoms with Crippen molar-refractivity contribution in [3.8, 4) is 0 Å². The summed E-state index contributed by atoms with van der Waals surface area (Å²) in [6, 6.07) is 1.99. The van der Waals surface area contributed by atoms with Crippen molar-refractivity contribution in [3.05, 3.63) is 21.9 Å². The summed E-state index contributed by atoms with van der Waals surface area (Å²) in [5, 5.41) is 11.8. The van der Waals surface area contributed by atoms with Crippen molar-refractivity contribution < 1.29 is 9.90 Å². The van der Waals surface area contributed by atoms with Crippen LogP contribution in [-0.4, -0.2) is 53.1 Å². The molecule has 4 nitrogen and oxygen atoms in total. The van der Waals surface area contributed by atoms with E-state index < -0.39 is 12.0 Å². The quantitative estimate of drug-likeness (QED) is 0.932. The minimum atomic E-state index is -0.689. The Kier molecular flexibility index (Phi) is 4.62. The van der Waals surface area contributed by atoms with Gasteiger partial charge in [0.25, 0.3) is 0 Å². The summed E-state index contributed by atoms with van der Waals surface area (Å²) in [5.41, 5.74) is 1.04. The van der Waals surface area contributed by atoms with E-state index in [9.17, 15) is 9.90 Å². The van der Waals surface area contributed by atoms with Gasteiger partial charge in [-0.1, -0.05) is 6.92 Å². The molecule has 1 aromatic heterocycles. The van der Waals surface area contributed by atoms with Crippen LogP contribution in [0.3, 0.4) is 0 Å². The fraction of sp³-hybridized carbons (Fsp3) is 0.688. The lowest BCUT2D eigenvalue weighted by molar-refractivity contribution is -0.145. The molecule has 1 aromatic rings. The molecular formula is C16H24N2O2S. The Balaban J connectivity index is 1.79. The van der Waals surface area contributed by atoms with Gasteiger partial charge in [0.2, 0.25) is 0 Å². The van der Waals surface area contributed by atoms with Crippen molar-refractivity contribution in [1.29, 1.82) is 0 Å². The normalized spacial score (nSPS) is 28.0. The summed E-state index contributed by atoms with van der Waals surface area (Å²) in [4.78, 5) is 17.8. The summed E-state index contributed by atoms with van der Waals surface area (Å²) in [5.74, 6) is -0.689. The molecule has 0 radical (unpaired) electrons. The van der Waals surface area contributed by atoms with Gasteiger partial charge in [-0.15, -0.1) is 11.3 Å². The number of rotatable bonds is 3. The molecule has 2 aliphatic rings. The second kappa shape index (κ2) is 6.46. The Bertz CT molecular complexity index is 502. The summed E-state index contributed by atoms with van der Waals surface area (Å²) in [6.07, 6.45) is 4.40. The monoisotopic (exact) mass is 308 g/mol. The number of hydrogen-bond acceptors (Lipinski definition) is 4. The van der Waals surface area contributed by atoms with E-state index in [2.05, 4.69) is 16.7 Å². The van der Waals surface area contributed by atoms with Crippen LogP contribution in [0.4, 0.5) is 0 Å². The van der Waals surface area contributed by atoms with E-state index in [1.54, 1.807) is 11.3 Å². The van der Waals surface area contributed by atoms with Crippen LogP contribution in [0.25, 0.3) is 0 Å². The lowest BCUT2D eigenvalue weighted by Crippen LogP contribution is -2.45. The van der Waals surface area contributed by atoms with Gasteiger partial charge in [0.05, 0.1) is 0 Å². The Hall–Kier alpha value is -0.910. The molecule has 3 rings (SSSR count). The number of carboxylic acid groups (broad SMARTS) is 1.